The number of hydrogen-bond acceptors (Lipinski definition) is 5. The first-order valence-electron chi connectivity index (χ1n) is 6.61. The number of nitrogens with two attached hydrogens (primary N) is 1. The molecule has 4 nitrogen and oxygen atoms in total. The third-order valence-electron chi connectivity index (χ3n) is 3.41. The maximum Gasteiger partial charge on any atom is 0.180 e. The summed E-state index contributed by atoms with van der Waals surface area (Å²) in [5, 5.41) is 0.986. The van der Waals surface area contributed by atoms with E-state index in [1.807, 2.05) is 0 Å². The van der Waals surface area contributed by atoms with Crippen molar-refractivity contribution in [3.63, 3.8) is 0 Å². The van der Waals surface area contributed by atoms with E-state index < -0.39 is 0 Å². The molecule has 1 aliphatic rings. The summed E-state index contributed by atoms with van der Waals surface area (Å²) in [5.74, 6) is -0.337. The maximum atomic E-state index is 13.1. The monoisotopic (exact) mass is 363 g/mol. The van der Waals surface area contributed by atoms with Crippen LogP contribution in [0.25, 0.3) is 0 Å². The molecule has 22 heavy (non-hydrogen) atoms. The number of nitrogens with zero attached hydrogens (tertiary/aromatic N) is 2. The molecule has 2 aromatic rings. The molecule has 8 heteroatoms. The highest BCUT2D eigenvalue weighted by Gasteiger charge is 2.24. The zero-order valence-electron chi connectivity index (χ0n) is 11.7. The van der Waals surface area contributed by atoms with E-state index in [0.29, 0.717) is 23.3 Å². The first-order valence-corrected chi connectivity index (χ1v) is 7.80. The first-order chi connectivity index (χ1) is 10.1. The molecule has 0 radical (unpaired) electrons. The van der Waals surface area contributed by atoms with Crippen molar-refractivity contribution in [1.29, 1.82) is 0 Å². The quantitative estimate of drug-likeness (QED) is 0.906. The van der Waals surface area contributed by atoms with Crippen molar-refractivity contribution < 1.29 is 9.13 Å². The van der Waals surface area contributed by atoms with Crippen LogP contribution in [0, 0.1) is 5.82 Å². The van der Waals surface area contributed by atoms with Gasteiger partial charge in [0.1, 0.15) is 5.82 Å². The number of hydrogen-bond donors (Lipinski definition) is 1. The minimum Gasteiger partial charge on any atom is -0.375 e. The van der Waals surface area contributed by atoms with Gasteiger partial charge in [-0.1, -0.05) is 17.7 Å². The summed E-state index contributed by atoms with van der Waals surface area (Å²) in [6, 6.07) is 4.42. The standard InChI is InChI=1S/C14H15ClFN3OS.ClH/c15-12-5-9(16)1-2-11(12)13-8-19(3-4-20-13)7-10-6-18-14(17)21-10;/h1-2,5-6,13H,3-4,7-8H2,(H2,17,18);1H. The van der Waals surface area contributed by atoms with Gasteiger partial charge >= 0.3 is 0 Å². The number of morpholine rings is 1. The van der Waals surface area contributed by atoms with E-state index in [0.717, 1.165) is 23.5 Å². The summed E-state index contributed by atoms with van der Waals surface area (Å²) >= 11 is 7.60. The minimum atomic E-state index is -0.337. The molecule has 0 spiro atoms. The van der Waals surface area contributed by atoms with Crippen LogP contribution in [0.4, 0.5) is 9.52 Å². The second-order valence-electron chi connectivity index (χ2n) is 4.93. The topological polar surface area (TPSA) is 51.4 Å². The third kappa shape index (κ3) is 4.08. The average Bonchev–Trinajstić information content (AvgIpc) is 2.84. The highest BCUT2D eigenvalue weighted by atomic mass is 35.5. The lowest BCUT2D eigenvalue weighted by Gasteiger charge is -2.33. The summed E-state index contributed by atoms with van der Waals surface area (Å²) < 4.78 is 18.9. The van der Waals surface area contributed by atoms with Crippen LogP contribution in [-0.2, 0) is 11.3 Å². The Morgan fingerprint density at radius 3 is 3.00 bits per heavy atom. The van der Waals surface area contributed by atoms with Gasteiger partial charge in [-0.15, -0.1) is 23.7 Å². The second-order valence-corrected chi connectivity index (χ2v) is 6.48. The molecule has 1 atom stereocenters. The van der Waals surface area contributed by atoms with Crippen molar-refractivity contribution in [2.45, 2.75) is 12.6 Å². The molecule has 2 N–H and O–H groups in total. The van der Waals surface area contributed by atoms with Crippen molar-refractivity contribution in [3.05, 3.63) is 45.7 Å². The van der Waals surface area contributed by atoms with Gasteiger partial charge in [0.05, 0.1) is 12.7 Å². The predicted molar refractivity (Wildman–Crippen MR) is 89.2 cm³/mol. The number of ether oxygens (including phenoxy) is 1. The predicted octanol–water partition coefficient (Wildman–Crippen LogP) is 3.51. The van der Waals surface area contributed by atoms with E-state index in [1.54, 1.807) is 12.3 Å². The minimum absolute atomic E-state index is 0. The van der Waals surface area contributed by atoms with Crippen LogP contribution in [0.15, 0.2) is 24.4 Å². The summed E-state index contributed by atoms with van der Waals surface area (Å²) in [6.45, 7) is 2.95. The van der Waals surface area contributed by atoms with Crippen molar-refractivity contribution in [2.75, 3.05) is 25.4 Å². The Labute approximate surface area is 143 Å². The molecular weight excluding hydrogens is 348 g/mol. The van der Waals surface area contributed by atoms with E-state index in [9.17, 15) is 4.39 Å². The number of benzene rings is 1. The molecule has 1 aliphatic heterocycles. The summed E-state index contributed by atoms with van der Waals surface area (Å²) in [6.07, 6.45) is 1.66. The van der Waals surface area contributed by atoms with E-state index in [2.05, 4.69) is 9.88 Å². The fraction of sp³-hybridized carbons (Fsp3) is 0.357. The Morgan fingerprint density at radius 1 is 1.50 bits per heavy atom. The highest BCUT2D eigenvalue weighted by Crippen LogP contribution is 2.30. The van der Waals surface area contributed by atoms with E-state index in [1.165, 1.54) is 23.5 Å². The van der Waals surface area contributed by atoms with Gasteiger partial charge in [-0.25, -0.2) is 9.37 Å². The Morgan fingerprint density at radius 2 is 2.32 bits per heavy atom. The number of thiazole rings is 1. The number of nitrogen functional groups attached to an aromatic ring is 1. The molecule has 2 heterocycles. The van der Waals surface area contributed by atoms with Gasteiger partial charge in [0, 0.05) is 41.3 Å². The lowest BCUT2D eigenvalue weighted by atomic mass is 10.1. The normalized spacial score (nSPS) is 18.9. The Kier molecular flexibility index (Phi) is 6.00. The van der Waals surface area contributed by atoms with Crippen LogP contribution in [0.3, 0.4) is 0 Å². The molecule has 0 aliphatic carbocycles. The van der Waals surface area contributed by atoms with E-state index in [-0.39, 0.29) is 24.3 Å². The van der Waals surface area contributed by atoms with Gasteiger partial charge in [-0.05, 0) is 12.1 Å². The molecule has 1 fully saturated rings. The molecule has 0 bridgehead atoms. The van der Waals surface area contributed by atoms with Crippen LogP contribution >= 0.6 is 35.3 Å². The van der Waals surface area contributed by atoms with Crippen LogP contribution in [-0.4, -0.2) is 29.6 Å². The molecule has 0 saturated carbocycles. The SMILES string of the molecule is Cl.Nc1ncc(CN2CCOC(c3ccc(F)cc3Cl)C2)s1. The largest absolute Gasteiger partial charge is 0.375 e. The first kappa shape index (κ1) is 17.4. The molecule has 1 saturated heterocycles. The van der Waals surface area contributed by atoms with Gasteiger partial charge in [0.25, 0.3) is 0 Å². The number of halogens is 3. The molecule has 1 unspecified atom stereocenters. The van der Waals surface area contributed by atoms with Crippen molar-refractivity contribution >= 4 is 40.5 Å². The van der Waals surface area contributed by atoms with Crippen LogP contribution < -0.4 is 5.73 Å². The molecule has 120 valence electrons. The number of rotatable bonds is 3. The van der Waals surface area contributed by atoms with Crippen molar-refractivity contribution in [2.24, 2.45) is 0 Å². The number of anilines is 1. The zero-order valence-corrected chi connectivity index (χ0v) is 14.1. The lowest BCUT2D eigenvalue weighted by Crippen LogP contribution is -2.37. The number of aromatic nitrogens is 1. The summed E-state index contributed by atoms with van der Waals surface area (Å²) in [5.41, 5.74) is 6.47. The zero-order chi connectivity index (χ0) is 14.8. The van der Waals surface area contributed by atoms with Gasteiger partial charge in [0.2, 0.25) is 0 Å². The lowest BCUT2D eigenvalue weighted by molar-refractivity contribution is -0.0326. The maximum absolute atomic E-state index is 13.1. The summed E-state index contributed by atoms with van der Waals surface area (Å²) in [4.78, 5) is 7.45. The highest BCUT2D eigenvalue weighted by molar-refractivity contribution is 7.15. The fourth-order valence-electron chi connectivity index (χ4n) is 2.41. The smallest absolute Gasteiger partial charge is 0.180 e. The average molecular weight is 364 g/mol. The van der Waals surface area contributed by atoms with Crippen molar-refractivity contribution in [1.82, 2.24) is 9.88 Å². The molecular formula is C14H16Cl2FN3OS. The van der Waals surface area contributed by atoms with E-state index >= 15 is 0 Å². The molecule has 1 aromatic heterocycles. The van der Waals surface area contributed by atoms with Gasteiger partial charge in [0.15, 0.2) is 5.13 Å². The van der Waals surface area contributed by atoms with Gasteiger partial charge < -0.3 is 10.5 Å². The fourth-order valence-corrected chi connectivity index (χ4v) is 3.43. The molecule has 0 amide bonds. The van der Waals surface area contributed by atoms with Crippen molar-refractivity contribution in [3.8, 4) is 0 Å². The Bertz CT molecular complexity index is 640. The van der Waals surface area contributed by atoms with Crippen LogP contribution in [0.2, 0.25) is 5.02 Å². The summed E-state index contributed by atoms with van der Waals surface area (Å²) in [7, 11) is 0. The molecule has 1 aromatic carbocycles. The van der Waals surface area contributed by atoms with Gasteiger partial charge in [-0.2, -0.15) is 0 Å². The third-order valence-corrected chi connectivity index (χ3v) is 4.55. The van der Waals surface area contributed by atoms with Crippen LogP contribution in [0.5, 0.6) is 0 Å². The Hall–Kier alpha value is -0.920. The van der Waals surface area contributed by atoms with E-state index in [4.69, 9.17) is 22.1 Å². The van der Waals surface area contributed by atoms with Gasteiger partial charge in [-0.3, -0.25) is 4.90 Å². The second kappa shape index (κ2) is 7.57. The molecule has 3 rings (SSSR count). The Balaban J connectivity index is 0.00000176. The van der Waals surface area contributed by atoms with Crippen LogP contribution in [0.1, 0.15) is 16.5 Å².